The summed E-state index contributed by atoms with van der Waals surface area (Å²) in [7, 11) is 0. The zero-order valence-electron chi connectivity index (χ0n) is 8.78. The summed E-state index contributed by atoms with van der Waals surface area (Å²) in [6.07, 6.45) is 2.46. The first-order valence-electron chi connectivity index (χ1n) is 4.74. The molecule has 0 fully saturated rings. The third-order valence-corrected chi connectivity index (χ3v) is 2.61. The number of nitrogens with one attached hydrogen (secondary N) is 2. The van der Waals surface area contributed by atoms with Crippen LogP contribution in [0.3, 0.4) is 0 Å². The van der Waals surface area contributed by atoms with Gasteiger partial charge in [-0.2, -0.15) is 0 Å². The third kappa shape index (κ3) is 2.66. The molecule has 0 radical (unpaired) electrons. The number of carbonyl (C=O) groups is 1. The predicted octanol–water partition coefficient (Wildman–Crippen LogP) is 1.72. The molecule has 1 amide bonds. The molecule has 0 unspecified atom stereocenters. The summed E-state index contributed by atoms with van der Waals surface area (Å²) < 4.78 is 0. The van der Waals surface area contributed by atoms with E-state index in [1.807, 2.05) is 0 Å². The average molecular weight is 285 g/mol. The second-order valence-corrected chi connectivity index (χ2v) is 3.94. The van der Waals surface area contributed by atoms with Gasteiger partial charge in [-0.05, 0) is 6.07 Å². The number of aromatic amines is 1. The van der Waals surface area contributed by atoms with Crippen LogP contribution in [0.1, 0.15) is 10.4 Å². The Hall–Kier alpha value is -1.92. The van der Waals surface area contributed by atoms with E-state index in [-0.39, 0.29) is 27.1 Å². The van der Waals surface area contributed by atoms with Crippen LogP contribution in [0, 0.1) is 0 Å². The molecule has 2 N–H and O–H groups in total. The predicted molar refractivity (Wildman–Crippen MR) is 67.1 cm³/mol. The molecule has 0 aromatic carbocycles. The van der Waals surface area contributed by atoms with Crippen molar-refractivity contribution < 1.29 is 4.79 Å². The molecule has 92 valence electrons. The molecule has 0 aliphatic rings. The lowest BCUT2D eigenvalue weighted by Gasteiger charge is -2.07. The van der Waals surface area contributed by atoms with Gasteiger partial charge in [0.15, 0.2) is 10.3 Å². The van der Waals surface area contributed by atoms with Gasteiger partial charge in [0.1, 0.15) is 12.0 Å². The van der Waals surface area contributed by atoms with Crippen molar-refractivity contribution in [2.45, 2.75) is 0 Å². The topological polar surface area (TPSA) is 87.7 Å². The van der Waals surface area contributed by atoms with Gasteiger partial charge in [0.05, 0.1) is 5.56 Å². The number of anilines is 1. The van der Waals surface area contributed by atoms with Crippen molar-refractivity contribution >= 4 is 34.8 Å². The molecule has 0 spiro atoms. The van der Waals surface area contributed by atoms with Crippen molar-refractivity contribution in [3.05, 3.63) is 50.9 Å². The summed E-state index contributed by atoms with van der Waals surface area (Å²) in [5.74, 6) is -0.482. The monoisotopic (exact) mass is 284 g/mol. The van der Waals surface area contributed by atoms with Crippen LogP contribution in [-0.2, 0) is 0 Å². The van der Waals surface area contributed by atoms with Gasteiger partial charge in [0.2, 0.25) is 5.56 Å². The van der Waals surface area contributed by atoms with Gasteiger partial charge in [-0.15, -0.1) is 0 Å². The lowest BCUT2D eigenvalue weighted by atomic mass is 10.2. The largest absolute Gasteiger partial charge is 0.328 e. The van der Waals surface area contributed by atoms with Crippen molar-refractivity contribution in [1.82, 2.24) is 15.0 Å². The summed E-state index contributed by atoms with van der Waals surface area (Å²) >= 11 is 11.6. The minimum Gasteiger partial charge on any atom is -0.328 e. The highest BCUT2D eigenvalue weighted by Gasteiger charge is 2.13. The lowest BCUT2D eigenvalue weighted by Crippen LogP contribution is -2.15. The molecule has 2 aromatic heterocycles. The lowest BCUT2D eigenvalue weighted by molar-refractivity contribution is 0.102. The number of H-pyrrole nitrogens is 1. The summed E-state index contributed by atoms with van der Waals surface area (Å²) in [6, 6.07) is 2.61. The van der Waals surface area contributed by atoms with Crippen LogP contribution < -0.4 is 10.9 Å². The number of pyridine rings is 1. The van der Waals surface area contributed by atoms with Crippen LogP contribution in [0.4, 0.5) is 5.69 Å². The van der Waals surface area contributed by atoms with E-state index >= 15 is 0 Å². The number of hydrogen-bond donors (Lipinski definition) is 2. The molecular formula is C10H6Cl2N4O2. The van der Waals surface area contributed by atoms with Gasteiger partial charge in [0, 0.05) is 12.3 Å². The highest BCUT2D eigenvalue weighted by Crippen LogP contribution is 2.25. The van der Waals surface area contributed by atoms with Crippen LogP contribution in [0.5, 0.6) is 0 Å². The standard InChI is InChI=1S/C10H6Cl2N4O2/c11-8-7(9(12)15-4-14-8)16-10(18)5-1-2-6(17)13-3-5/h1-4H,(H,13,17)(H,16,18). The Labute approximate surface area is 111 Å². The zero-order valence-corrected chi connectivity index (χ0v) is 10.3. The Balaban J connectivity index is 2.27. The Kier molecular flexibility index (Phi) is 3.59. The van der Waals surface area contributed by atoms with E-state index in [4.69, 9.17) is 23.2 Å². The Bertz CT molecular complexity index is 616. The molecule has 0 saturated heterocycles. The van der Waals surface area contributed by atoms with Crippen LogP contribution in [-0.4, -0.2) is 20.9 Å². The highest BCUT2D eigenvalue weighted by molar-refractivity contribution is 6.38. The molecule has 0 bridgehead atoms. The summed E-state index contributed by atoms with van der Waals surface area (Å²) in [4.78, 5) is 32.5. The molecule has 8 heteroatoms. The van der Waals surface area contributed by atoms with Gasteiger partial charge < -0.3 is 10.3 Å². The number of halogens is 2. The first kappa shape index (κ1) is 12.5. The van der Waals surface area contributed by atoms with E-state index in [2.05, 4.69) is 20.3 Å². The number of carbonyl (C=O) groups excluding carboxylic acids is 1. The van der Waals surface area contributed by atoms with Crippen LogP contribution in [0.25, 0.3) is 0 Å². The Morgan fingerprint density at radius 2 is 1.89 bits per heavy atom. The number of rotatable bonds is 2. The molecule has 6 nitrogen and oxygen atoms in total. The Morgan fingerprint density at radius 3 is 2.44 bits per heavy atom. The van der Waals surface area contributed by atoms with E-state index in [0.29, 0.717) is 0 Å². The average Bonchev–Trinajstić information content (AvgIpc) is 2.34. The van der Waals surface area contributed by atoms with Crippen LogP contribution in [0.2, 0.25) is 10.3 Å². The Morgan fingerprint density at radius 1 is 1.22 bits per heavy atom. The van der Waals surface area contributed by atoms with Crippen LogP contribution >= 0.6 is 23.2 Å². The van der Waals surface area contributed by atoms with Crippen molar-refractivity contribution in [3.63, 3.8) is 0 Å². The SMILES string of the molecule is O=C(Nc1c(Cl)ncnc1Cl)c1ccc(=O)[nH]c1. The van der Waals surface area contributed by atoms with E-state index < -0.39 is 5.91 Å². The quantitative estimate of drug-likeness (QED) is 0.822. The molecule has 2 rings (SSSR count). The van der Waals surface area contributed by atoms with E-state index in [1.54, 1.807) is 0 Å². The van der Waals surface area contributed by atoms with Crippen molar-refractivity contribution in [1.29, 1.82) is 0 Å². The molecular weight excluding hydrogens is 279 g/mol. The first-order chi connectivity index (χ1) is 8.58. The van der Waals surface area contributed by atoms with Crippen molar-refractivity contribution in [2.24, 2.45) is 0 Å². The smallest absolute Gasteiger partial charge is 0.257 e. The maximum atomic E-state index is 11.8. The third-order valence-electron chi connectivity index (χ3n) is 2.04. The second-order valence-electron chi connectivity index (χ2n) is 3.23. The molecule has 2 aromatic rings. The minimum atomic E-state index is -0.482. The normalized spacial score (nSPS) is 10.1. The van der Waals surface area contributed by atoms with Gasteiger partial charge >= 0.3 is 0 Å². The summed E-state index contributed by atoms with van der Waals surface area (Å²) in [5, 5.41) is 2.53. The number of hydrogen-bond acceptors (Lipinski definition) is 4. The van der Waals surface area contributed by atoms with E-state index in [1.165, 1.54) is 24.7 Å². The molecule has 0 aliphatic carbocycles. The summed E-state index contributed by atoms with van der Waals surface area (Å²) in [5.41, 5.74) is 0.0771. The number of nitrogens with zero attached hydrogens (tertiary/aromatic N) is 2. The molecule has 2 heterocycles. The maximum Gasteiger partial charge on any atom is 0.257 e. The highest BCUT2D eigenvalue weighted by atomic mass is 35.5. The fraction of sp³-hybridized carbons (Fsp3) is 0. The fourth-order valence-electron chi connectivity index (χ4n) is 1.19. The van der Waals surface area contributed by atoms with E-state index in [9.17, 15) is 9.59 Å². The van der Waals surface area contributed by atoms with E-state index in [0.717, 1.165) is 0 Å². The van der Waals surface area contributed by atoms with Crippen molar-refractivity contribution in [3.8, 4) is 0 Å². The maximum absolute atomic E-state index is 11.8. The van der Waals surface area contributed by atoms with Gasteiger partial charge in [-0.25, -0.2) is 9.97 Å². The second kappa shape index (κ2) is 5.16. The number of aromatic nitrogens is 3. The molecule has 0 saturated carbocycles. The van der Waals surface area contributed by atoms with Crippen LogP contribution in [0.15, 0.2) is 29.5 Å². The number of amides is 1. The molecule has 0 aliphatic heterocycles. The first-order valence-corrected chi connectivity index (χ1v) is 5.49. The minimum absolute atomic E-state index is 0.0350. The van der Waals surface area contributed by atoms with Gasteiger partial charge in [-0.3, -0.25) is 9.59 Å². The summed E-state index contributed by atoms with van der Waals surface area (Å²) in [6.45, 7) is 0. The molecule has 0 atom stereocenters. The molecule has 18 heavy (non-hydrogen) atoms. The zero-order chi connectivity index (χ0) is 13.1. The van der Waals surface area contributed by atoms with Crippen molar-refractivity contribution in [2.75, 3.05) is 5.32 Å². The van der Waals surface area contributed by atoms with Gasteiger partial charge in [-0.1, -0.05) is 23.2 Å². The van der Waals surface area contributed by atoms with Gasteiger partial charge in [0.25, 0.3) is 5.91 Å². The fourth-order valence-corrected chi connectivity index (χ4v) is 1.59.